The molecule has 6 heteroatoms. The maximum absolute atomic E-state index is 12.1. The molecule has 1 aromatic carbocycles. The van der Waals surface area contributed by atoms with Crippen molar-refractivity contribution in [3.63, 3.8) is 0 Å². The van der Waals surface area contributed by atoms with Crippen LogP contribution in [0, 0.1) is 0 Å². The van der Waals surface area contributed by atoms with E-state index in [2.05, 4.69) is 0 Å². The van der Waals surface area contributed by atoms with Crippen molar-refractivity contribution in [2.75, 3.05) is 19.6 Å². The van der Waals surface area contributed by atoms with Gasteiger partial charge in [0, 0.05) is 0 Å². The number of amides is 2. The number of rotatable bonds is 3. The van der Waals surface area contributed by atoms with Gasteiger partial charge in [0.2, 0.25) is 0 Å². The molecule has 2 aliphatic rings. The molecule has 0 N–H and O–H groups in total. The summed E-state index contributed by atoms with van der Waals surface area (Å²) in [6.07, 6.45) is 4.45. The smallest absolute Gasteiger partial charge is 0.328 e. The summed E-state index contributed by atoms with van der Waals surface area (Å²) in [5.41, 5.74) is 0.546. The van der Waals surface area contributed by atoms with E-state index < -0.39 is 17.8 Å². The molecule has 3 rings (SSSR count). The highest BCUT2D eigenvalue weighted by molar-refractivity contribution is 6.20. The van der Waals surface area contributed by atoms with Crippen molar-refractivity contribution in [3.8, 4) is 0 Å². The number of hydrogen-bond donors (Lipinski definition) is 0. The van der Waals surface area contributed by atoms with Crippen LogP contribution in [0.5, 0.6) is 0 Å². The Morgan fingerprint density at radius 1 is 0.955 bits per heavy atom. The van der Waals surface area contributed by atoms with E-state index in [1.165, 1.54) is 12.8 Å². The monoisotopic (exact) mass is 302 g/mol. The van der Waals surface area contributed by atoms with Crippen LogP contribution in [0.4, 0.5) is 0 Å². The average molecular weight is 302 g/mol. The molecular formula is C16H18N2O4. The summed E-state index contributed by atoms with van der Waals surface area (Å²) in [6, 6.07) is 6.45. The Morgan fingerprint density at radius 2 is 1.50 bits per heavy atom. The number of carbonyl (C=O) groups is 3. The Morgan fingerprint density at radius 3 is 2.05 bits per heavy atom. The molecule has 1 aromatic rings. The van der Waals surface area contributed by atoms with Gasteiger partial charge in [-0.15, -0.1) is 0 Å². The minimum absolute atomic E-state index is 0.105. The van der Waals surface area contributed by atoms with Crippen LogP contribution in [0.15, 0.2) is 24.3 Å². The van der Waals surface area contributed by atoms with Gasteiger partial charge in [-0.1, -0.05) is 30.0 Å². The fraction of sp³-hybridized carbons (Fsp3) is 0.438. The number of benzene rings is 1. The average Bonchev–Trinajstić information content (AvgIpc) is 2.72. The molecular weight excluding hydrogens is 284 g/mol. The second-order valence-corrected chi connectivity index (χ2v) is 5.60. The van der Waals surface area contributed by atoms with Crippen LogP contribution in [0.1, 0.15) is 46.4 Å². The first-order chi connectivity index (χ1) is 10.7. The van der Waals surface area contributed by atoms with Crippen LogP contribution in [0.2, 0.25) is 0 Å². The minimum Gasteiger partial charge on any atom is -0.328 e. The Kier molecular flexibility index (Phi) is 4.20. The van der Waals surface area contributed by atoms with Gasteiger partial charge in [-0.2, -0.15) is 0 Å². The normalized spacial score (nSPS) is 19.0. The third-order valence-corrected chi connectivity index (χ3v) is 4.00. The van der Waals surface area contributed by atoms with Gasteiger partial charge in [0.15, 0.2) is 0 Å². The van der Waals surface area contributed by atoms with Crippen molar-refractivity contribution in [1.82, 2.24) is 9.96 Å². The second-order valence-electron chi connectivity index (χ2n) is 5.60. The SMILES string of the molecule is O=C(CN1CCCCCC1)ON1C(=O)c2ccccc2C1=O. The number of likely N-dealkylation sites (tertiary alicyclic amines) is 1. The molecule has 2 aliphatic heterocycles. The summed E-state index contributed by atoms with van der Waals surface area (Å²) in [4.78, 5) is 43.2. The second kappa shape index (κ2) is 6.27. The molecule has 0 atom stereocenters. The van der Waals surface area contributed by atoms with Crippen molar-refractivity contribution >= 4 is 17.8 Å². The zero-order chi connectivity index (χ0) is 15.5. The van der Waals surface area contributed by atoms with Crippen molar-refractivity contribution in [2.24, 2.45) is 0 Å². The minimum atomic E-state index is -0.579. The largest absolute Gasteiger partial charge is 0.347 e. The zero-order valence-corrected chi connectivity index (χ0v) is 12.3. The molecule has 0 aromatic heterocycles. The first-order valence-corrected chi connectivity index (χ1v) is 7.58. The van der Waals surface area contributed by atoms with Crippen LogP contribution >= 0.6 is 0 Å². The third-order valence-electron chi connectivity index (χ3n) is 4.00. The Labute approximate surface area is 128 Å². The highest BCUT2D eigenvalue weighted by Crippen LogP contribution is 2.22. The molecule has 22 heavy (non-hydrogen) atoms. The summed E-state index contributed by atoms with van der Waals surface area (Å²) in [6.45, 7) is 1.79. The number of hydrogen-bond acceptors (Lipinski definition) is 5. The maximum atomic E-state index is 12.1. The number of nitrogens with zero attached hydrogens (tertiary/aromatic N) is 2. The topological polar surface area (TPSA) is 66.9 Å². The van der Waals surface area contributed by atoms with Crippen LogP contribution in [0.3, 0.4) is 0 Å². The van der Waals surface area contributed by atoms with Crippen molar-refractivity contribution in [2.45, 2.75) is 25.7 Å². The van der Waals surface area contributed by atoms with Gasteiger partial charge in [-0.25, -0.2) is 4.79 Å². The predicted molar refractivity (Wildman–Crippen MR) is 77.9 cm³/mol. The zero-order valence-electron chi connectivity index (χ0n) is 12.3. The number of hydroxylamine groups is 2. The van der Waals surface area contributed by atoms with E-state index in [-0.39, 0.29) is 17.7 Å². The van der Waals surface area contributed by atoms with Gasteiger partial charge in [-0.05, 0) is 38.1 Å². The highest BCUT2D eigenvalue weighted by atomic mass is 16.7. The first kappa shape index (κ1) is 14.7. The van der Waals surface area contributed by atoms with Gasteiger partial charge >= 0.3 is 5.97 Å². The van der Waals surface area contributed by atoms with E-state index in [1.54, 1.807) is 24.3 Å². The summed E-state index contributed by atoms with van der Waals surface area (Å²) in [7, 11) is 0. The van der Waals surface area contributed by atoms with E-state index in [1.807, 2.05) is 4.90 Å². The van der Waals surface area contributed by atoms with E-state index in [4.69, 9.17) is 4.84 Å². The quantitative estimate of drug-likeness (QED) is 0.794. The standard InChI is InChI=1S/C16H18N2O4/c19-14(11-17-9-5-1-2-6-10-17)22-18-15(20)12-7-3-4-8-13(12)16(18)21/h3-4,7-8H,1-2,5-6,9-11H2. The molecule has 0 radical (unpaired) electrons. The van der Waals surface area contributed by atoms with Crippen LogP contribution in [-0.2, 0) is 9.63 Å². The molecule has 0 bridgehead atoms. The van der Waals surface area contributed by atoms with Crippen LogP contribution < -0.4 is 0 Å². The molecule has 2 amide bonds. The van der Waals surface area contributed by atoms with Gasteiger partial charge < -0.3 is 4.84 Å². The fourth-order valence-electron chi connectivity index (χ4n) is 2.86. The number of imide groups is 1. The Bertz CT molecular complexity index is 571. The maximum Gasteiger partial charge on any atom is 0.347 e. The lowest BCUT2D eigenvalue weighted by molar-refractivity contribution is -0.169. The van der Waals surface area contributed by atoms with E-state index in [0.717, 1.165) is 25.9 Å². The highest BCUT2D eigenvalue weighted by Gasteiger charge is 2.38. The summed E-state index contributed by atoms with van der Waals surface area (Å²) < 4.78 is 0. The molecule has 0 aliphatic carbocycles. The van der Waals surface area contributed by atoms with Crippen molar-refractivity contribution in [1.29, 1.82) is 0 Å². The molecule has 0 spiro atoms. The van der Waals surface area contributed by atoms with Gasteiger partial charge in [0.25, 0.3) is 11.8 Å². The summed E-state index contributed by atoms with van der Waals surface area (Å²) in [5.74, 6) is -1.73. The molecule has 116 valence electrons. The van der Waals surface area contributed by atoms with Gasteiger partial charge in [-0.3, -0.25) is 14.5 Å². The lowest BCUT2D eigenvalue weighted by Gasteiger charge is -2.20. The van der Waals surface area contributed by atoms with E-state index in [9.17, 15) is 14.4 Å². The van der Waals surface area contributed by atoms with Crippen molar-refractivity contribution < 1.29 is 19.2 Å². The molecule has 0 unspecified atom stereocenters. The Hall–Kier alpha value is -2.21. The molecule has 0 saturated carbocycles. The van der Waals surface area contributed by atoms with Crippen LogP contribution in [-0.4, -0.2) is 47.4 Å². The van der Waals surface area contributed by atoms with Gasteiger partial charge in [0.05, 0.1) is 17.7 Å². The van der Waals surface area contributed by atoms with Gasteiger partial charge in [0.1, 0.15) is 0 Å². The third kappa shape index (κ3) is 2.87. The lowest BCUT2D eigenvalue weighted by atomic mass is 10.1. The Balaban J connectivity index is 1.63. The summed E-state index contributed by atoms with van der Waals surface area (Å²) in [5, 5.41) is 0.574. The molecule has 6 nitrogen and oxygen atoms in total. The lowest BCUT2D eigenvalue weighted by Crippen LogP contribution is -2.38. The summed E-state index contributed by atoms with van der Waals surface area (Å²) >= 11 is 0. The van der Waals surface area contributed by atoms with E-state index >= 15 is 0 Å². The van der Waals surface area contributed by atoms with Crippen LogP contribution in [0.25, 0.3) is 0 Å². The van der Waals surface area contributed by atoms with E-state index in [0.29, 0.717) is 5.06 Å². The van der Waals surface area contributed by atoms with Crippen molar-refractivity contribution in [3.05, 3.63) is 35.4 Å². The molecule has 1 fully saturated rings. The molecule has 2 heterocycles. The number of fused-ring (bicyclic) bond motifs is 1. The first-order valence-electron chi connectivity index (χ1n) is 7.58. The number of carbonyl (C=O) groups excluding carboxylic acids is 3. The molecule has 1 saturated heterocycles. The predicted octanol–water partition coefficient (Wildman–Crippen LogP) is 1.62. The fourth-order valence-corrected chi connectivity index (χ4v) is 2.86.